The van der Waals surface area contributed by atoms with Crippen molar-refractivity contribution in [2.24, 2.45) is 10.2 Å². The maximum Gasteiger partial charge on any atom is 0.0863 e. The Morgan fingerprint density at radius 2 is 2.14 bits per heavy atom. The number of nitrogens with zero attached hydrogens (tertiary/aromatic N) is 2. The predicted octanol–water partition coefficient (Wildman–Crippen LogP) is 4.25. The van der Waals surface area contributed by atoms with Crippen molar-refractivity contribution in [3.8, 4) is 0 Å². The molecule has 1 aromatic carbocycles. The minimum atomic E-state index is 0.824. The Morgan fingerprint density at radius 3 is 2.86 bits per heavy atom. The quantitative estimate of drug-likeness (QED) is 0.425. The molecular formula is C11H16N2S. The first-order valence-electron chi connectivity index (χ1n) is 4.99. The standard InChI is InChI=1S/C11H16N2S/c1-2-3-4-8-12-13-10-6-5-7-11(14)9-10/h5-7,9,14H,2-4,8H2,1H3. The summed E-state index contributed by atoms with van der Waals surface area (Å²) in [7, 11) is 0. The average Bonchev–Trinajstić information content (AvgIpc) is 2.18. The number of thiol groups is 1. The van der Waals surface area contributed by atoms with E-state index in [1.165, 1.54) is 12.8 Å². The zero-order chi connectivity index (χ0) is 10.2. The third-order valence-electron chi connectivity index (χ3n) is 1.88. The summed E-state index contributed by atoms with van der Waals surface area (Å²) in [5.74, 6) is 0. The summed E-state index contributed by atoms with van der Waals surface area (Å²) in [6.45, 7) is 3.01. The first kappa shape index (κ1) is 11.2. The molecule has 2 nitrogen and oxygen atoms in total. The Bertz CT molecular complexity index is 297. The smallest absolute Gasteiger partial charge is 0.0863 e. The largest absolute Gasteiger partial charge is 0.189 e. The summed E-state index contributed by atoms with van der Waals surface area (Å²) in [5.41, 5.74) is 0.883. The lowest BCUT2D eigenvalue weighted by Gasteiger charge is -1.94. The number of hydrogen-bond acceptors (Lipinski definition) is 3. The molecule has 3 heteroatoms. The summed E-state index contributed by atoms with van der Waals surface area (Å²) >= 11 is 4.23. The van der Waals surface area contributed by atoms with Gasteiger partial charge in [0.05, 0.1) is 12.2 Å². The summed E-state index contributed by atoms with van der Waals surface area (Å²) < 4.78 is 0. The van der Waals surface area contributed by atoms with Crippen molar-refractivity contribution >= 4 is 18.3 Å². The van der Waals surface area contributed by atoms with E-state index >= 15 is 0 Å². The molecule has 0 aromatic heterocycles. The van der Waals surface area contributed by atoms with E-state index in [-0.39, 0.29) is 0 Å². The van der Waals surface area contributed by atoms with E-state index < -0.39 is 0 Å². The molecule has 0 amide bonds. The molecule has 0 aliphatic carbocycles. The maximum atomic E-state index is 4.23. The topological polar surface area (TPSA) is 24.7 Å². The second-order valence-corrected chi connectivity index (χ2v) is 3.71. The van der Waals surface area contributed by atoms with Crippen LogP contribution in [0.1, 0.15) is 26.2 Å². The second kappa shape index (κ2) is 6.60. The van der Waals surface area contributed by atoms with Crippen LogP contribution in [-0.2, 0) is 0 Å². The van der Waals surface area contributed by atoms with E-state index in [0.29, 0.717) is 0 Å². The Morgan fingerprint density at radius 1 is 1.29 bits per heavy atom. The van der Waals surface area contributed by atoms with E-state index in [2.05, 4.69) is 29.8 Å². The van der Waals surface area contributed by atoms with E-state index in [9.17, 15) is 0 Å². The van der Waals surface area contributed by atoms with Crippen molar-refractivity contribution in [3.05, 3.63) is 24.3 Å². The lowest BCUT2D eigenvalue weighted by atomic mass is 10.3. The van der Waals surface area contributed by atoms with Crippen molar-refractivity contribution < 1.29 is 0 Å². The van der Waals surface area contributed by atoms with Gasteiger partial charge in [-0.1, -0.05) is 25.8 Å². The van der Waals surface area contributed by atoms with Crippen molar-refractivity contribution in [2.45, 2.75) is 31.1 Å². The van der Waals surface area contributed by atoms with Gasteiger partial charge in [0.15, 0.2) is 0 Å². The first-order valence-corrected chi connectivity index (χ1v) is 5.44. The average molecular weight is 208 g/mol. The highest BCUT2D eigenvalue weighted by atomic mass is 32.1. The normalized spacial score (nSPS) is 11.0. The number of rotatable bonds is 5. The lowest BCUT2D eigenvalue weighted by molar-refractivity contribution is 0.713. The monoisotopic (exact) mass is 208 g/mol. The molecule has 0 saturated carbocycles. The minimum absolute atomic E-state index is 0.824. The van der Waals surface area contributed by atoms with Crippen LogP contribution in [0.15, 0.2) is 39.4 Å². The minimum Gasteiger partial charge on any atom is -0.189 e. The molecule has 14 heavy (non-hydrogen) atoms. The Hall–Kier alpha value is -0.830. The Balaban J connectivity index is 2.36. The molecule has 0 atom stereocenters. The number of benzene rings is 1. The van der Waals surface area contributed by atoms with Crippen LogP contribution in [0.5, 0.6) is 0 Å². The fourth-order valence-corrected chi connectivity index (χ4v) is 1.34. The van der Waals surface area contributed by atoms with Gasteiger partial charge in [-0.25, -0.2) is 0 Å². The van der Waals surface area contributed by atoms with Gasteiger partial charge in [0, 0.05) is 4.90 Å². The van der Waals surface area contributed by atoms with Crippen molar-refractivity contribution in [3.63, 3.8) is 0 Å². The van der Waals surface area contributed by atoms with Crippen LogP contribution >= 0.6 is 12.6 Å². The van der Waals surface area contributed by atoms with Gasteiger partial charge in [-0.2, -0.15) is 10.2 Å². The van der Waals surface area contributed by atoms with Gasteiger partial charge in [-0.05, 0) is 24.6 Å². The van der Waals surface area contributed by atoms with E-state index in [0.717, 1.165) is 23.5 Å². The van der Waals surface area contributed by atoms with Crippen LogP contribution < -0.4 is 0 Å². The third kappa shape index (κ3) is 4.42. The third-order valence-corrected chi connectivity index (χ3v) is 2.16. The number of azo groups is 1. The highest BCUT2D eigenvalue weighted by Crippen LogP contribution is 2.16. The molecule has 1 aromatic rings. The van der Waals surface area contributed by atoms with Crippen molar-refractivity contribution in [1.29, 1.82) is 0 Å². The van der Waals surface area contributed by atoms with Crippen molar-refractivity contribution in [2.75, 3.05) is 6.54 Å². The number of unbranched alkanes of at least 4 members (excludes halogenated alkanes) is 2. The van der Waals surface area contributed by atoms with Gasteiger partial charge in [-0.3, -0.25) is 0 Å². The molecule has 0 aliphatic rings. The predicted molar refractivity (Wildman–Crippen MR) is 62.6 cm³/mol. The van der Waals surface area contributed by atoms with Gasteiger partial charge in [0.25, 0.3) is 0 Å². The zero-order valence-corrected chi connectivity index (χ0v) is 9.37. The van der Waals surface area contributed by atoms with Crippen molar-refractivity contribution in [1.82, 2.24) is 0 Å². The molecule has 1 rings (SSSR count). The van der Waals surface area contributed by atoms with E-state index in [1.54, 1.807) is 0 Å². The lowest BCUT2D eigenvalue weighted by Crippen LogP contribution is -1.78. The fourth-order valence-electron chi connectivity index (χ4n) is 1.12. The number of hydrogen-bond donors (Lipinski definition) is 1. The van der Waals surface area contributed by atoms with Gasteiger partial charge >= 0.3 is 0 Å². The van der Waals surface area contributed by atoms with Gasteiger partial charge in [0.2, 0.25) is 0 Å². The SMILES string of the molecule is CCCCCN=Nc1cccc(S)c1. The maximum absolute atomic E-state index is 4.23. The van der Waals surface area contributed by atoms with Crippen LogP contribution in [0.4, 0.5) is 5.69 Å². The van der Waals surface area contributed by atoms with Gasteiger partial charge < -0.3 is 0 Å². The highest BCUT2D eigenvalue weighted by molar-refractivity contribution is 7.80. The summed E-state index contributed by atoms with van der Waals surface area (Å²) in [6.07, 6.45) is 3.58. The summed E-state index contributed by atoms with van der Waals surface area (Å²) in [4.78, 5) is 0.926. The molecule has 0 unspecified atom stereocenters. The molecule has 0 heterocycles. The molecule has 0 saturated heterocycles. The zero-order valence-electron chi connectivity index (χ0n) is 8.48. The molecule has 0 radical (unpaired) electrons. The Labute approximate surface area is 90.9 Å². The molecule has 0 fully saturated rings. The highest BCUT2D eigenvalue weighted by Gasteiger charge is 1.89. The van der Waals surface area contributed by atoms with Gasteiger partial charge in [-0.15, -0.1) is 12.6 Å². The molecule has 0 aliphatic heterocycles. The Kier molecular flexibility index (Phi) is 5.30. The molecule has 76 valence electrons. The van der Waals surface area contributed by atoms with E-state index in [1.807, 2.05) is 24.3 Å². The fraction of sp³-hybridized carbons (Fsp3) is 0.455. The molecule has 0 N–H and O–H groups in total. The van der Waals surface area contributed by atoms with Crippen LogP contribution in [0.3, 0.4) is 0 Å². The first-order chi connectivity index (χ1) is 6.83. The van der Waals surface area contributed by atoms with Crippen LogP contribution in [0.2, 0.25) is 0 Å². The summed E-state index contributed by atoms with van der Waals surface area (Å²) in [5, 5.41) is 8.23. The summed E-state index contributed by atoms with van der Waals surface area (Å²) in [6, 6.07) is 7.71. The molecular weight excluding hydrogens is 192 g/mol. The van der Waals surface area contributed by atoms with Crippen LogP contribution in [0, 0.1) is 0 Å². The van der Waals surface area contributed by atoms with E-state index in [4.69, 9.17) is 0 Å². The van der Waals surface area contributed by atoms with Gasteiger partial charge in [0.1, 0.15) is 0 Å². The van der Waals surface area contributed by atoms with Crippen LogP contribution in [0.25, 0.3) is 0 Å². The molecule has 0 bridgehead atoms. The second-order valence-electron chi connectivity index (χ2n) is 3.19. The van der Waals surface area contributed by atoms with Crippen LogP contribution in [-0.4, -0.2) is 6.54 Å². The molecule has 0 spiro atoms.